The van der Waals surface area contributed by atoms with Gasteiger partial charge in [0, 0.05) is 39.2 Å². The minimum absolute atomic E-state index is 0.0136. The number of carboxylic acid groups (broad SMARTS) is 1. The summed E-state index contributed by atoms with van der Waals surface area (Å²) in [5.74, 6) is -2.28. The van der Waals surface area contributed by atoms with Crippen LogP contribution < -0.4 is 0 Å². The van der Waals surface area contributed by atoms with Crippen LogP contribution in [0.25, 0.3) is 16.6 Å². The van der Waals surface area contributed by atoms with Crippen LogP contribution in [-0.4, -0.2) is 25.4 Å². The van der Waals surface area contributed by atoms with E-state index in [1.165, 1.54) is 12.1 Å². The highest BCUT2D eigenvalue weighted by Gasteiger charge is 2.23. The van der Waals surface area contributed by atoms with E-state index in [2.05, 4.69) is 5.10 Å². The number of benzene rings is 2. The molecule has 4 rings (SSSR count). The van der Waals surface area contributed by atoms with E-state index in [0.29, 0.717) is 28.2 Å². The second-order valence-electron chi connectivity index (χ2n) is 6.96. The van der Waals surface area contributed by atoms with Gasteiger partial charge >= 0.3 is 5.97 Å². The summed E-state index contributed by atoms with van der Waals surface area (Å²) >= 11 is 7.19. The molecular formula is C22H18ClF2N3O2S. The highest BCUT2D eigenvalue weighted by molar-refractivity contribution is 7.99. The molecule has 5 nitrogen and oxygen atoms in total. The maximum absolute atomic E-state index is 15.1. The van der Waals surface area contributed by atoms with Gasteiger partial charge in [-0.05, 0) is 32.0 Å². The number of hydrogen-bond donors (Lipinski definition) is 1. The molecule has 1 N–H and O–H groups in total. The normalized spacial score (nSPS) is 11.4. The van der Waals surface area contributed by atoms with Gasteiger partial charge in [-0.3, -0.25) is 9.48 Å². The summed E-state index contributed by atoms with van der Waals surface area (Å²) < 4.78 is 33.5. The SMILES string of the molecule is CCn1cc(-n2c(C)c(Sc3cccc(CC(=O)O)c3F)c3ccc(Cl)c(F)c32)cn1. The number of aryl methyl sites for hydroxylation is 1. The van der Waals surface area contributed by atoms with Gasteiger partial charge in [-0.25, -0.2) is 8.78 Å². The molecule has 0 saturated heterocycles. The molecule has 0 radical (unpaired) electrons. The minimum atomic E-state index is -1.11. The van der Waals surface area contributed by atoms with Gasteiger partial charge in [-0.15, -0.1) is 0 Å². The first kappa shape index (κ1) is 21.4. The quantitative estimate of drug-likeness (QED) is 0.390. The molecule has 0 bridgehead atoms. The number of fused-ring (bicyclic) bond motifs is 1. The number of carbonyl (C=O) groups is 1. The Hall–Kier alpha value is -2.84. The zero-order chi connectivity index (χ0) is 22.3. The van der Waals surface area contributed by atoms with Crippen molar-refractivity contribution in [3.8, 4) is 5.69 Å². The fraction of sp³-hybridized carbons (Fsp3) is 0.182. The van der Waals surface area contributed by atoms with Gasteiger partial charge < -0.3 is 9.67 Å². The van der Waals surface area contributed by atoms with Crippen LogP contribution in [-0.2, 0) is 17.8 Å². The van der Waals surface area contributed by atoms with Crippen LogP contribution in [0, 0.1) is 18.6 Å². The van der Waals surface area contributed by atoms with Crippen molar-refractivity contribution >= 4 is 40.2 Å². The molecule has 0 atom stereocenters. The lowest BCUT2D eigenvalue weighted by Gasteiger charge is -2.08. The summed E-state index contributed by atoms with van der Waals surface area (Å²) in [4.78, 5) is 12.0. The number of rotatable bonds is 6. The van der Waals surface area contributed by atoms with Gasteiger partial charge in [-0.1, -0.05) is 35.5 Å². The minimum Gasteiger partial charge on any atom is -0.481 e. The summed E-state index contributed by atoms with van der Waals surface area (Å²) in [6.45, 7) is 4.42. The van der Waals surface area contributed by atoms with Crippen molar-refractivity contribution in [2.24, 2.45) is 0 Å². The number of nitrogens with zero attached hydrogens (tertiary/aromatic N) is 3. The predicted octanol–water partition coefficient (Wildman–Crippen LogP) is 5.87. The standard InChI is InChI=1S/C22H18ClF2N3O2S/c1-3-27-11-14(10-26-27)28-12(2)22(15-7-8-16(23)20(25)21(15)28)31-17-6-4-5-13(19(17)24)9-18(29)30/h4-8,10-11H,3,9H2,1-2H3,(H,29,30). The van der Waals surface area contributed by atoms with Crippen molar-refractivity contribution in [1.82, 2.24) is 14.3 Å². The summed E-state index contributed by atoms with van der Waals surface area (Å²) in [7, 11) is 0. The third-order valence-corrected chi connectivity index (χ3v) is 6.55. The Morgan fingerprint density at radius 2 is 2.00 bits per heavy atom. The van der Waals surface area contributed by atoms with Crippen molar-refractivity contribution in [2.45, 2.75) is 36.6 Å². The molecule has 0 aliphatic carbocycles. The Bertz CT molecular complexity index is 1320. The average molecular weight is 462 g/mol. The van der Waals surface area contributed by atoms with Crippen LogP contribution in [0.4, 0.5) is 8.78 Å². The Morgan fingerprint density at radius 1 is 1.23 bits per heavy atom. The zero-order valence-corrected chi connectivity index (χ0v) is 18.3. The lowest BCUT2D eigenvalue weighted by molar-refractivity contribution is -0.136. The molecule has 160 valence electrons. The van der Waals surface area contributed by atoms with E-state index in [-0.39, 0.29) is 21.0 Å². The molecule has 0 spiro atoms. The molecular weight excluding hydrogens is 444 g/mol. The first-order valence-corrected chi connectivity index (χ1v) is 10.7. The highest BCUT2D eigenvalue weighted by atomic mass is 35.5. The summed E-state index contributed by atoms with van der Waals surface area (Å²) in [6.07, 6.45) is 3.02. The lowest BCUT2D eigenvalue weighted by atomic mass is 10.1. The molecule has 0 aliphatic heterocycles. The van der Waals surface area contributed by atoms with Crippen molar-refractivity contribution in [2.75, 3.05) is 0 Å². The topological polar surface area (TPSA) is 60.0 Å². The Labute approximate surface area is 186 Å². The van der Waals surface area contributed by atoms with Crippen LogP contribution in [0.5, 0.6) is 0 Å². The maximum atomic E-state index is 15.1. The van der Waals surface area contributed by atoms with Gasteiger partial charge in [0.2, 0.25) is 0 Å². The van der Waals surface area contributed by atoms with E-state index >= 15 is 4.39 Å². The van der Waals surface area contributed by atoms with Gasteiger partial charge in [0.25, 0.3) is 0 Å². The molecule has 0 saturated carbocycles. The molecule has 0 aliphatic rings. The average Bonchev–Trinajstić information content (AvgIpc) is 3.30. The summed E-state index contributed by atoms with van der Waals surface area (Å²) in [6, 6.07) is 7.81. The largest absolute Gasteiger partial charge is 0.481 e. The van der Waals surface area contributed by atoms with E-state index in [4.69, 9.17) is 16.7 Å². The van der Waals surface area contributed by atoms with Gasteiger partial charge in [0.05, 0.1) is 28.8 Å². The van der Waals surface area contributed by atoms with Gasteiger partial charge in [0.1, 0.15) is 5.82 Å². The second kappa shape index (κ2) is 8.36. The summed E-state index contributed by atoms with van der Waals surface area (Å²) in [5, 5.41) is 13.9. The van der Waals surface area contributed by atoms with Gasteiger partial charge in [0.15, 0.2) is 5.82 Å². The maximum Gasteiger partial charge on any atom is 0.307 e. The number of halogens is 3. The first-order chi connectivity index (χ1) is 14.8. The Morgan fingerprint density at radius 3 is 2.68 bits per heavy atom. The lowest BCUT2D eigenvalue weighted by Crippen LogP contribution is -2.03. The molecule has 2 aromatic carbocycles. The van der Waals surface area contributed by atoms with Crippen molar-refractivity contribution in [3.05, 3.63) is 70.6 Å². The number of hydrogen-bond acceptors (Lipinski definition) is 3. The van der Waals surface area contributed by atoms with E-state index in [1.54, 1.807) is 39.8 Å². The van der Waals surface area contributed by atoms with Crippen LogP contribution in [0.1, 0.15) is 18.2 Å². The highest BCUT2D eigenvalue weighted by Crippen LogP contribution is 2.42. The number of aliphatic carboxylic acids is 1. The third-order valence-electron chi connectivity index (χ3n) is 5.00. The first-order valence-electron chi connectivity index (χ1n) is 9.50. The smallest absolute Gasteiger partial charge is 0.307 e. The molecule has 9 heteroatoms. The predicted molar refractivity (Wildman–Crippen MR) is 116 cm³/mol. The fourth-order valence-corrected chi connectivity index (χ4v) is 4.80. The summed E-state index contributed by atoms with van der Waals surface area (Å²) in [5.41, 5.74) is 1.74. The zero-order valence-electron chi connectivity index (χ0n) is 16.7. The van der Waals surface area contributed by atoms with Crippen molar-refractivity contribution < 1.29 is 18.7 Å². The van der Waals surface area contributed by atoms with E-state index < -0.39 is 24.0 Å². The van der Waals surface area contributed by atoms with Crippen LogP contribution >= 0.6 is 23.4 Å². The van der Waals surface area contributed by atoms with E-state index in [1.807, 2.05) is 13.8 Å². The van der Waals surface area contributed by atoms with Crippen molar-refractivity contribution in [1.29, 1.82) is 0 Å². The number of carboxylic acids is 1. The molecule has 0 unspecified atom stereocenters. The molecule has 4 aromatic rings. The van der Waals surface area contributed by atoms with Crippen LogP contribution in [0.2, 0.25) is 5.02 Å². The van der Waals surface area contributed by atoms with Crippen LogP contribution in [0.15, 0.2) is 52.5 Å². The third kappa shape index (κ3) is 3.81. The second-order valence-corrected chi connectivity index (χ2v) is 8.42. The van der Waals surface area contributed by atoms with Crippen molar-refractivity contribution in [3.63, 3.8) is 0 Å². The fourth-order valence-electron chi connectivity index (χ4n) is 3.54. The van der Waals surface area contributed by atoms with E-state index in [9.17, 15) is 9.18 Å². The monoisotopic (exact) mass is 461 g/mol. The molecule has 0 fully saturated rings. The Balaban J connectivity index is 1.91. The Kier molecular flexibility index (Phi) is 5.77. The molecule has 31 heavy (non-hydrogen) atoms. The molecule has 0 amide bonds. The van der Waals surface area contributed by atoms with E-state index in [0.717, 1.165) is 11.8 Å². The molecule has 2 heterocycles. The van der Waals surface area contributed by atoms with Crippen LogP contribution in [0.3, 0.4) is 0 Å². The molecule has 2 aromatic heterocycles. The number of aromatic nitrogens is 3. The van der Waals surface area contributed by atoms with Gasteiger partial charge in [-0.2, -0.15) is 5.10 Å².